The van der Waals surface area contributed by atoms with Crippen LogP contribution in [-0.2, 0) is 12.8 Å². The third-order valence-corrected chi connectivity index (χ3v) is 6.98. The summed E-state index contributed by atoms with van der Waals surface area (Å²) in [6.45, 7) is 5.07. The summed E-state index contributed by atoms with van der Waals surface area (Å²) in [5.74, 6) is -0.00721. The molecule has 4 rings (SSSR count). The Morgan fingerprint density at radius 3 is 2.49 bits per heavy atom. The molecule has 4 nitrogen and oxygen atoms in total. The Balaban J connectivity index is 1.23. The zero-order valence-corrected chi connectivity index (χ0v) is 20.7. The van der Waals surface area contributed by atoms with Gasteiger partial charge in [0.15, 0.2) is 0 Å². The monoisotopic (exact) mass is 465 g/mol. The van der Waals surface area contributed by atoms with Gasteiger partial charge in [-0.15, -0.1) is 0 Å². The number of hydrogen-bond donors (Lipinski definition) is 1. The van der Waals surface area contributed by atoms with Gasteiger partial charge in [-0.2, -0.15) is 5.26 Å². The van der Waals surface area contributed by atoms with Crippen LogP contribution in [0.25, 0.3) is 11.1 Å². The van der Waals surface area contributed by atoms with Crippen molar-refractivity contribution in [3.05, 3.63) is 95.1 Å². The number of aryl methyl sites for hydroxylation is 1. The Hall–Kier alpha value is -3.42. The number of carbonyl (C=O) groups excluding carboxylic acids is 1. The molecular weight excluding hydrogens is 430 g/mol. The lowest BCUT2D eigenvalue weighted by Gasteiger charge is -2.35. The number of fused-ring (bicyclic) bond motifs is 1. The molecule has 1 N–H and O–H groups in total. The summed E-state index contributed by atoms with van der Waals surface area (Å²) in [4.78, 5) is 15.2. The molecule has 4 heteroatoms. The molecule has 1 aliphatic rings. The molecule has 180 valence electrons. The number of benzene rings is 3. The van der Waals surface area contributed by atoms with Crippen molar-refractivity contribution in [1.82, 2.24) is 10.2 Å². The number of nitrogens with zero attached hydrogens (tertiary/aromatic N) is 2. The molecule has 0 heterocycles. The van der Waals surface area contributed by atoms with Crippen molar-refractivity contribution in [1.29, 1.82) is 5.26 Å². The second-order valence-electron chi connectivity index (χ2n) is 9.43. The highest BCUT2D eigenvalue weighted by Crippen LogP contribution is 2.26. The fraction of sp³-hybridized carbons (Fsp3) is 0.355. The van der Waals surface area contributed by atoms with E-state index < -0.39 is 0 Å². The summed E-state index contributed by atoms with van der Waals surface area (Å²) in [6, 6.07) is 27.0. The van der Waals surface area contributed by atoms with Crippen LogP contribution in [0.5, 0.6) is 0 Å². The second kappa shape index (κ2) is 12.3. The van der Waals surface area contributed by atoms with E-state index in [1.54, 1.807) is 0 Å². The number of unbranched alkanes of at least 4 members (excludes halogenated alkanes) is 1. The van der Waals surface area contributed by atoms with Crippen LogP contribution in [0.2, 0.25) is 0 Å². The Labute approximate surface area is 209 Å². The molecule has 35 heavy (non-hydrogen) atoms. The molecule has 0 bridgehead atoms. The van der Waals surface area contributed by atoms with Gasteiger partial charge in [-0.25, -0.2) is 0 Å². The van der Waals surface area contributed by atoms with Gasteiger partial charge in [0.25, 0.3) is 5.91 Å². The van der Waals surface area contributed by atoms with Crippen molar-refractivity contribution in [2.45, 2.75) is 51.5 Å². The molecule has 1 aliphatic carbocycles. The maximum atomic E-state index is 12.6. The number of nitriles is 1. The van der Waals surface area contributed by atoms with Crippen LogP contribution in [0.4, 0.5) is 0 Å². The van der Waals surface area contributed by atoms with E-state index in [-0.39, 0.29) is 5.91 Å². The van der Waals surface area contributed by atoms with Gasteiger partial charge in [0.2, 0.25) is 0 Å². The van der Waals surface area contributed by atoms with Gasteiger partial charge in [-0.1, -0.05) is 55.5 Å². The van der Waals surface area contributed by atoms with Crippen LogP contribution in [0, 0.1) is 11.3 Å². The molecule has 0 fully saturated rings. The van der Waals surface area contributed by atoms with Gasteiger partial charge in [-0.3, -0.25) is 4.79 Å². The first-order valence-electron chi connectivity index (χ1n) is 12.9. The van der Waals surface area contributed by atoms with Crippen LogP contribution < -0.4 is 5.32 Å². The molecule has 1 amide bonds. The minimum atomic E-state index is -0.00721. The van der Waals surface area contributed by atoms with E-state index in [2.05, 4.69) is 47.5 Å². The molecule has 0 aliphatic heterocycles. The van der Waals surface area contributed by atoms with Crippen molar-refractivity contribution in [3.8, 4) is 17.2 Å². The second-order valence-corrected chi connectivity index (χ2v) is 9.43. The van der Waals surface area contributed by atoms with Crippen molar-refractivity contribution in [3.63, 3.8) is 0 Å². The van der Waals surface area contributed by atoms with Crippen LogP contribution in [0.15, 0.2) is 72.8 Å². The highest BCUT2D eigenvalue weighted by molar-refractivity contribution is 5.94. The minimum Gasteiger partial charge on any atom is -0.352 e. The highest BCUT2D eigenvalue weighted by atomic mass is 16.1. The van der Waals surface area contributed by atoms with E-state index in [0.29, 0.717) is 18.2 Å². The van der Waals surface area contributed by atoms with E-state index in [1.165, 1.54) is 17.5 Å². The number of rotatable bonds is 10. The quantitative estimate of drug-likeness (QED) is 0.373. The normalized spacial score (nSPS) is 14.8. The third kappa shape index (κ3) is 6.59. The largest absolute Gasteiger partial charge is 0.352 e. The number of hydrogen-bond acceptors (Lipinski definition) is 3. The van der Waals surface area contributed by atoms with Crippen LogP contribution in [0.3, 0.4) is 0 Å². The Morgan fingerprint density at radius 2 is 1.74 bits per heavy atom. The number of nitrogens with one attached hydrogen (secondary N) is 1. The van der Waals surface area contributed by atoms with E-state index >= 15 is 0 Å². The van der Waals surface area contributed by atoms with Crippen molar-refractivity contribution in [2.24, 2.45) is 0 Å². The van der Waals surface area contributed by atoms with Gasteiger partial charge in [0.1, 0.15) is 0 Å². The zero-order valence-electron chi connectivity index (χ0n) is 20.7. The first-order chi connectivity index (χ1) is 17.2. The lowest BCUT2D eigenvalue weighted by Crippen LogP contribution is -2.40. The SMILES string of the molecule is CCCN(CCCCNC(=O)c1ccc(-c2ccccc2)cc1)[C@@H]1CCc2ccc(C#N)cc2C1. The summed E-state index contributed by atoms with van der Waals surface area (Å²) < 4.78 is 0. The first-order valence-corrected chi connectivity index (χ1v) is 12.9. The number of carbonyl (C=O) groups is 1. The summed E-state index contributed by atoms with van der Waals surface area (Å²) in [6.07, 6.45) is 6.46. The molecule has 0 saturated heterocycles. The summed E-state index contributed by atoms with van der Waals surface area (Å²) in [5, 5.41) is 12.3. The number of amides is 1. The molecule has 0 unspecified atom stereocenters. The maximum absolute atomic E-state index is 12.6. The average Bonchev–Trinajstić information content (AvgIpc) is 2.92. The Bertz CT molecular complexity index is 1150. The molecule has 0 aromatic heterocycles. The van der Waals surface area contributed by atoms with Gasteiger partial charge in [0.05, 0.1) is 11.6 Å². The topological polar surface area (TPSA) is 56.1 Å². The summed E-state index contributed by atoms with van der Waals surface area (Å²) in [5.41, 5.74) is 6.48. The van der Waals surface area contributed by atoms with Gasteiger partial charge in [-0.05, 0) is 98.1 Å². The Kier molecular flexibility index (Phi) is 8.70. The highest BCUT2D eigenvalue weighted by Gasteiger charge is 2.23. The first kappa shape index (κ1) is 24.7. The molecule has 1 atom stereocenters. The van der Waals surface area contributed by atoms with Gasteiger partial charge in [0, 0.05) is 18.2 Å². The average molecular weight is 466 g/mol. The van der Waals surface area contributed by atoms with Crippen LogP contribution >= 0.6 is 0 Å². The van der Waals surface area contributed by atoms with E-state index in [0.717, 1.165) is 61.9 Å². The standard InChI is InChI=1S/C31H35N3O/c1-2-19-34(30-17-16-27-11-10-24(23-32)21-29(27)22-30)20-7-6-18-33-31(35)28-14-12-26(13-15-28)25-8-4-3-5-9-25/h3-5,8-15,21,30H,2,6-7,16-20,22H2,1H3,(H,33,35)/t30-/m1/s1. The molecule has 3 aromatic rings. The van der Waals surface area contributed by atoms with Crippen molar-refractivity contribution in [2.75, 3.05) is 19.6 Å². The van der Waals surface area contributed by atoms with Crippen molar-refractivity contribution < 1.29 is 4.79 Å². The molecule has 0 radical (unpaired) electrons. The lowest BCUT2D eigenvalue weighted by molar-refractivity contribution is 0.0952. The van der Waals surface area contributed by atoms with Crippen LogP contribution in [-0.4, -0.2) is 36.5 Å². The van der Waals surface area contributed by atoms with Gasteiger partial charge < -0.3 is 10.2 Å². The van der Waals surface area contributed by atoms with Crippen molar-refractivity contribution >= 4 is 5.91 Å². The minimum absolute atomic E-state index is 0.00721. The van der Waals surface area contributed by atoms with E-state index in [1.807, 2.05) is 48.5 Å². The predicted octanol–water partition coefficient (Wildman–Crippen LogP) is 6.00. The fourth-order valence-corrected chi connectivity index (χ4v) is 5.07. The van der Waals surface area contributed by atoms with E-state index in [4.69, 9.17) is 0 Å². The van der Waals surface area contributed by atoms with Crippen LogP contribution in [0.1, 0.15) is 59.7 Å². The zero-order chi connectivity index (χ0) is 24.5. The van der Waals surface area contributed by atoms with Gasteiger partial charge >= 0.3 is 0 Å². The molecule has 3 aromatic carbocycles. The maximum Gasteiger partial charge on any atom is 0.251 e. The molecular formula is C31H35N3O. The molecule has 0 spiro atoms. The molecule has 0 saturated carbocycles. The fourth-order valence-electron chi connectivity index (χ4n) is 5.07. The summed E-state index contributed by atoms with van der Waals surface area (Å²) in [7, 11) is 0. The lowest BCUT2D eigenvalue weighted by atomic mass is 9.86. The summed E-state index contributed by atoms with van der Waals surface area (Å²) >= 11 is 0. The smallest absolute Gasteiger partial charge is 0.251 e. The van der Waals surface area contributed by atoms with E-state index in [9.17, 15) is 10.1 Å². The third-order valence-electron chi connectivity index (χ3n) is 6.98. The Morgan fingerprint density at radius 1 is 0.971 bits per heavy atom. The predicted molar refractivity (Wildman–Crippen MR) is 142 cm³/mol.